The summed E-state index contributed by atoms with van der Waals surface area (Å²) in [6.45, 7) is 5.36. The zero-order valence-electron chi connectivity index (χ0n) is 13.6. The molecule has 2 aromatic rings. The summed E-state index contributed by atoms with van der Waals surface area (Å²) < 4.78 is 5.93. The second kappa shape index (κ2) is 8.34. The summed E-state index contributed by atoms with van der Waals surface area (Å²) >= 11 is 0. The summed E-state index contributed by atoms with van der Waals surface area (Å²) in [5.74, 6) is 0.648. The lowest BCUT2D eigenvalue weighted by Crippen LogP contribution is -2.42. The lowest BCUT2D eigenvalue weighted by Gasteiger charge is -2.26. The quantitative estimate of drug-likeness (QED) is 0.805. The Morgan fingerprint density at radius 3 is 2.26 bits per heavy atom. The highest BCUT2D eigenvalue weighted by atomic mass is 16.5. The fourth-order valence-electron chi connectivity index (χ4n) is 2.63. The van der Waals surface area contributed by atoms with Crippen LogP contribution in [0.15, 0.2) is 54.6 Å². The number of carboxylic acid groups (broad SMARTS) is 1. The van der Waals surface area contributed by atoms with Gasteiger partial charge < -0.3 is 9.84 Å². The Balaban J connectivity index is 2.23. The maximum Gasteiger partial charge on any atom is 0.321 e. The van der Waals surface area contributed by atoms with Crippen molar-refractivity contribution in [3.05, 3.63) is 60.2 Å². The van der Waals surface area contributed by atoms with Crippen LogP contribution in [-0.4, -0.2) is 35.1 Å². The standard InChI is InChI=1S/C19H23NO3/c1-3-20(4-2)17(19(21)22)14-15-10-8-9-13-18(15)23-16-11-6-5-7-12-16/h5-13,17H,3-4,14H2,1-2H3,(H,21,22)/t17-/m0/s1. The number of carbonyl (C=O) groups is 1. The number of aliphatic carboxylic acids is 1. The smallest absolute Gasteiger partial charge is 0.321 e. The molecule has 0 spiro atoms. The summed E-state index contributed by atoms with van der Waals surface area (Å²) in [4.78, 5) is 13.6. The Kier molecular flexibility index (Phi) is 6.18. The van der Waals surface area contributed by atoms with Crippen molar-refractivity contribution in [1.82, 2.24) is 4.90 Å². The number of carboxylic acids is 1. The molecule has 4 nitrogen and oxygen atoms in total. The number of likely N-dealkylation sites (N-methyl/N-ethyl adjacent to an activating group) is 1. The lowest BCUT2D eigenvalue weighted by atomic mass is 10.0. The summed E-state index contributed by atoms with van der Waals surface area (Å²) in [5, 5.41) is 9.57. The number of nitrogens with zero attached hydrogens (tertiary/aromatic N) is 1. The van der Waals surface area contributed by atoms with E-state index in [4.69, 9.17) is 4.74 Å². The van der Waals surface area contributed by atoms with Crippen molar-refractivity contribution >= 4 is 5.97 Å². The van der Waals surface area contributed by atoms with Gasteiger partial charge in [-0.15, -0.1) is 0 Å². The molecule has 0 aliphatic rings. The van der Waals surface area contributed by atoms with Gasteiger partial charge in [-0.3, -0.25) is 9.69 Å². The minimum atomic E-state index is -0.803. The zero-order valence-corrected chi connectivity index (χ0v) is 13.6. The molecular weight excluding hydrogens is 290 g/mol. The molecular formula is C19H23NO3. The molecule has 23 heavy (non-hydrogen) atoms. The molecule has 2 rings (SSSR count). The number of hydrogen-bond donors (Lipinski definition) is 1. The van der Waals surface area contributed by atoms with E-state index < -0.39 is 12.0 Å². The summed E-state index contributed by atoms with van der Waals surface area (Å²) in [6, 6.07) is 16.6. The van der Waals surface area contributed by atoms with Gasteiger partial charge >= 0.3 is 5.97 Å². The van der Waals surface area contributed by atoms with E-state index in [0.29, 0.717) is 25.3 Å². The van der Waals surface area contributed by atoms with Gasteiger partial charge in [0.1, 0.15) is 17.5 Å². The van der Waals surface area contributed by atoms with E-state index in [1.165, 1.54) is 0 Å². The van der Waals surface area contributed by atoms with Crippen molar-refractivity contribution in [2.24, 2.45) is 0 Å². The van der Waals surface area contributed by atoms with Gasteiger partial charge in [0.05, 0.1) is 0 Å². The predicted octanol–water partition coefficient (Wildman–Crippen LogP) is 3.82. The van der Waals surface area contributed by atoms with Gasteiger partial charge in [0, 0.05) is 6.42 Å². The van der Waals surface area contributed by atoms with Crippen LogP contribution in [0.2, 0.25) is 0 Å². The highest BCUT2D eigenvalue weighted by molar-refractivity contribution is 5.74. The second-order valence-corrected chi connectivity index (χ2v) is 5.30. The van der Waals surface area contributed by atoms with Crippen LogP contribution >= 0.6 is 0 Å². The molecule has 0 bridgehead atoms. The molecule has 0 fully saturated rings. The summed E-state index contributed by atoms with van der Waals surface area (Å²) in [7, 11) is 0. The molecule has 0 unspecified atom stereocenters. The number of para-hydroxylation sites is 2. The van der Waals surface area contributed by atoms with Gasteiger partial charge in [-0.05, 0) is 36.9 Å². The van der Waals surface area contributed by atoms with Gasteiger partial charge in [0.2, 0.25) is 0 Å². The third kappa shape index (κ3) is 4.57. The molecule has 0 aliphatic carbocycles. The second-order valence-electron chi connectivity index (χ2n) is 5.30. The topological polar surface area (TPSA) is 49.8 Å². The Labute approximate surface area is 137 Å². The molecule has 1 atom stereocenters. The molecule has 1 N–H and O–H groups in total. The maximum atomic E-state index is 11.7. The fraction of sp³-hybridized carbons (Fsp3) is 0.316. The van der Waals surface area contributed by atoms with Crippen LogP contribution in [0.5, 0.6) is 11.5 Å². The molecule has 122 valence electrons. The predicted molar refractivity (Wildman–Crippen MR) is 91.0 cm³/mol. The normalized spacial score (nSPS) is 12.1. The third-order valence-electron chi connectivity index (χ3n) is 3.90. The molecule has 0 saturated heterocycles. The SMILES string of the molecule is CCN(CC)[C@@H](Cc1ccccc1Oc1ccccc1)C(=O)O. The largest absolute Gasteiger partial charge is 0.480 e. The average molecular weight is 313 g/mol. The monoisotopic (exact) mass is 313 g/mol. The first-order valence-electron chi connectivity index (χ1n) is 7.93. The molecule has 0 aromatic heterocycles. The van der Waals surface area contributed by atoms with Crippen LogP contribution in [0.25, 0.3) is 0 Å². The highest BCUT2D eigenvalue weighted by Crippen LogP contribution is 2.26. The Morgan fingerprint density at radius 2 is 1.65 bits per heavy atom. The minimum absolute atomic E-state index is 0.417. The molecule has 0 radical (unpaired) electrons. The summed E-state index contributed by atoms with van der Waals surface area (Å²) in [5.41, 5.74) is 0.899. The Hall–Kier alpha value is -2.33. The molecule has 0 heterocycles. The van der Waals surface area contributed by atoms with Crippen LogP contribution in [0.1, 0.15) is 19.4 Å². The van der Waals surface area contributed by atoms with Crippen LogP contribution in [-0.2, 0) is 11.2 Å². The van der Waals surface area contributed by atoms with E-state index in [2.05, 4.69) is 0 Å². The molecule has 0 amide bonds. The van der Waals surface area contributed by atoms with Gasteiger partial charge in [0.15, 0.2) is 0 Å². The maximum absolute atomic E-state index is 11.7. The van der Waals surface area contributed by atoms with E-state index in [-0.39, 0.29) is 0 Å². The van der Waals surface area contributed by atoms with Crippen molar-refractivity contribution < 1.29 is 14.6 Å². The van der Waals surface area contributed by atoms with Gasteiger partial charge in [-0.25, -0.2) is 0 Å². The van der Waals surface area contributed by atoms with Gasteiger partial charge in [-0.1, -0.05) is 50.2 Å². The Morgan fingerprint density at radius 1 is 1.04 bits per heavy atom. The number of benzene rings is 2. The molecule has 0 aliphatic heterocycles. The average Bonchev–Trinajstić information content (AvgIpc) is 2.57. The van der Waals surface area contributed by atoms with Gasteiger partial charge in [-0.2, -0.15) is 0 Å². The van der Waals surface area contributed by atoms with E-state index in [1.54, 1.807) is 0 Å². The number of ether oxygens (including phenoxy) is 1. The van der Waals surface area contributed by atoms with Crippen molar-refractivity contribution in [3.8, 4) is 11.5 Å². The van der Waals surface area contributed by atoms with Crippen LogP contribution in [0.4, 0.5) is 0 Å². The zero-order chi connectivity index (χ0) is 16.7. The third-order valence-corrected chi connectivity index (χ3v) is 3.90. The first-order chi connectivity index (χ1) is 11.2. The van der Waals surface area contributed by atoms with Crippen molar-refractivity contribution in [2.75, 3.05) is 13.1 Å². The highest BCUT2D eigenvalue weighted by Gasteiger charge is 2.24. The van der Waals surface area contributed by atoms with Crippen LogP contribution < -0.4 is 4.74 Å². The van der Waals surface area contributed by atoms with Crippen LogP contribution in [0, 0.1) is 0 Å². The number of rotatable bonds is 8. The van der Waals surface area contributed by atoms with E-state index in [0.717, 1.165) is 11.3 Å². The molecule has 4 heteroatoms. The molecule has 2 aromatic carbocycles. The number of hydrogen-bond acceptors (Lipinski definition) is 3. The van der Waals surface area contributed by atoms with E-state index in [1.807, 2.05) is 73.3 Å². The summed E-state index contributed by atoms with van der Waals surface area (Å²) in [6.07, 6.45) is 0.417. The van der Waals surface area contributed by atoms with Crippen molar-refractivity contribution in [2.45, 2.75) is 26.3 Å². The van der Waals surface area contributed by atoms with Crippen molar-refractivity contribution in [1.29, 1.82) is 0 Å². The first-order valence-corrected chi connectivity index (χ1v) is 7.93. The van der Waals surface area contributed by atoms with Crippen LogP contribution in [0.3, 0.4) is 0 Å². The van der Waals surface area contributed by atoms with E-state index >= 15 is 0 Å². The van der Waals surface area contributed by atoms with Crippen molar-refractivity contribution in [3.63, 3.8) is 0 Å². The first kappa shape index (κ1) is 17.0. The Bertz CT molecular complexity index is 624. The molecule has 0 saturated carbocycles. The lowest BCUT2D eigenvalue weighted by molar-refractivity contribution is -0.143. The van der Waals surface area contributed by atoms with E-state index in [9.17, 15) is 9.90 Å². The van der Waals surface area contributed by atoms with Gasteiger partial charge in [0.25, 0.3) is 0 Å². The minimum Gasteiger partial charge on any atom is -0.480 e. The fourth-order valence-corrected chi connectivity index (χ4v) is 2.63.